The van der Waals surface area contributed by atoms with Gasteiger partial charge in [0.15, 0.2) is 0 Å². The van der Waals surface area contributed by atoms with Crippen LogP contribution in [0.1, 0.15) is 12.8 Å². The third-order valence-electron chi connectivity index (χ3n) is 4.21. The largest absolute Gasteiger partial charge is 0.368 e. The molecule has 2 aromatic heterocycles. The summed E-state index contributed by atoms with van der Waals surface area (Å²) in [4.78, 5) is 17.7. The van der Waals surface area contributed by atoms with Crippen LogP contribution in [0.4, 0.5) is 11.9 Å². The van der Waals surface area contributed by atoms with E-state index < -0.39 is 0 Å². The Kier molecular flexibility index (Phi) is 2.95. The highest BCUT2D eigenvalue weighted by Gasteiger charge is 2.31. The molecule has 8 heteroatoms. The van der Waals surface area contributed by atoms with Crippen LogP contribution in [0.15, 0.2) is 18.5 Å². The maximum Gasteiger partial charge on any atom is 0.257 e. The first kappa shape index (κ1) is 12.5. The average molecular weight is 286 g/mol. The quantitative estimate of drug-likeness (QED) is 0.826. The van der Waals surface area contributed by atoms with E-state index in [1.54, 1.807) is 17.1 Å². The van der Waals surface area contributed by atoms with Crippen LogP contribution in [0.5, 0.6) is 0 Å². The molecule has 4 rings (SSSR count). The number of rotatable bonds is 2. The summed E-state index contributed by atoms with van der Waals surface area (Å²) in [7, 11) is 0. The summed E-state index contributed by atoms with van der Waals surface area (Å²) < 4.78 is 1.60. The number of hydrogen-bond acceptors (Lipinski definition) is 7. The molecule has 0 amide bonds. The van der Waals surface area contributed by atoms with Crippen molar-refractivity contribution in [1.82, 2.24) is 29.6 Å². The summed E-state index contributed by atoms with van der Waals surface area (Å²) in [5.41, 5.74) is 5.84. The number of nitrogen functional groups attached to an aromatic ring is 1. The second-order valence-electron chi connectivity index (χ2n) is 5.52. The molecule has 2 aromatic rings. The zero-order valence-corrected chi connectivity index (χ0v) is 11.8. The molecular weight excluding hydrogens is 268 g/mol. The van der Waals surface area contributed by atoms with Crippen molar-refractivity contribution in [3.63, 3.8) is 0 Å². The number of fused-ring (bicyclic) bond motifs is 1. The van der Waals surface area contributed by atoms with Crippen LogP contribution < -0.4 is 10.6 Å². The molecule has 0 aromatic carbocycles. The molecular formula is C13H18N8. The highest BCUT2D eigenvalue weighted by molar-refractivity contribution is 5.38. The second-order valence-corrected chi connectivity index (χ2v) is 5.52. The topological polar surface area (TPSA) is 89.0 Å². The Bertz CT molecular complexity index is 625. The van der Waals surface area contributed by atoms with E-state index in [1.165, 1.54) is 19.4 Å². The van der Waals surface area contributed by atoms with E-state index in [4.69, 9.17) is 5.73 Å². The number of anilines is 2. The van der Waals surface area contributed by atoms with E-state index in [0.29, 0.717) is 17.9 Å². The van der Waals surface area contributed by atoms with Crippen molar-refractivity contribution in [3.8, 4) is 5.95 Å². The molecule has 0 bridgehead atoms. The molecule has 4 heterocycles. The van der Waals surface area contributed by atoms with Crippen molar-refractivity contribution >= 4 is 11.9 Å². The van der Waals surface area contributed by atoms with E-state index in [-0.39, 0.29) is 5.95 Å². The monoisotopic (exact) mass is 286 g/mol. The predicted octanol–water partition coefficient (Wildman–Crippen LogP) is -0.0761. The highest BCUT2D eigenvalue weighted by Crippen LogP contribution is 2.24. The Hall–Kier alpha value is -2.22. The first-order valence-corrected chi connectivity index (χ1v) is 7.30. The minimum atomic E-state index is 0.236. The van der Waals surface area contributed by atoms with Crippen molar-refractivity contribution in [1.29, 1.82) is 0 Å². The summed E-state index contributed by atoms with van der Waals surface area (Å²) in [5, 5.41) is 4.15. The summed E-state index contributed by atoms with van der Waals surface area (Å²) in [6.45, 7) is 4.17. The van der Waals surface area contributed by atoms with Gasteiger partial charge in [0.1, 0.15) is 0 Å². The van der Waals surface area contributed by atoms with Crippen molar-refractivity contribution in [3.05, 3.63) is 18.5 Å². The van der Waals surface area contributed by atoms with Crippen molar-refractivity contribution in [2.75, 3.05) is 36.8 Å². The molecule has 0 saturated carbocycles. The second kappa shape index (κ2) is 4.96. The van der Waals surface area contributed by atoms with Gasteiger partial charge >= 0.3 is 0 Å². The van der Waals surface area contributed by atoms with Crippen molar-refractivity contribution in [2.24, 2.45) is 0 Å². The zero-order chi connectivity index (χ0) is 14.2. The molecule has 1 unspecified atom stereocenters. The van der Waals surface area contributed by atoms with Crippen LogP contribution in [0, 0.1) is 0 Å². The molecule has 110 valence electrons. The molecule has 0 aliphatic carbocycles. The molecule has 2 saturated heterocycles. The maximum absolute atomic E-state index is 5.84. The van der Waals surface area contributed by atoms with Gasteiger partial charge in [-0.1, -0.05) is 0 Å². The fraction of sp³-hybridized carbons (Fsp3) is 0.538. The smallest absolute Gasteiger partial charge is 0.257 e. The molecule has 2 aliphatic heterocycles. The van der Waals surface area contributed by atoms with Gasteiger partial charge in [0.2, 0.25) is 11.9 Å². The Morgan fingerprint density at radius 3 is 2.86 bits per heavy atom. The van der Waals surface area contributed by atoms with E-state index >= 15 is 0 Å². The third-order valence-corrected chi connectivity index (χ3v) is 4.21. The summed E-state index contributed by atoms with van der Waals surface area (Å²) >= 11 is 0. The third kappa shape index (κ3) is 2.31. The fourth-order valence-electron chi connectivity index (χ4n) is 3.17. The lowest BCUT2D eigenvalue weighted by atomic mass is 10.2. The minimum Gasteiger partial charge on any atom is -0.368 e. The normalized spacial score (nSPS) is 22.5. The first-order valence-electron chi connectivity index (χ1n) is 7.30. The van der Waals surface area contributed by atoms with Crippen molar-refractivity contribution < 1.29 is 0 Å². The van der Waals surface area contributed by atoms with E-state index in [0.717, 1.165) is 19.6 Å². The Morgan fingerprint density at radius 1 is 1.10 bits per heavy atom. The fourth-order valence-corrected chi connectivity index (χ4v) is 3.17. The van der Waals surface area contributed by atoms with Crippen LogP contribution in [0.3, 0.4) is 0 Å². The molecule has 21 heavy (non-hydrogen) atoms. The molecule has 2 aliphatic rings. The van der Waals surface area contributed by atoms with Crippen LogP contribution in [-0.4, -0.2) is 61.9 Å². The molecule has 1 atom stereocenters. The van der Waals surface area contributed by atoms with Gasteiger partial charge in [0.05, 0.1) is 0 Å². The van der Waals surface area contributed by atoms with Crippen LogP contribution >= 0.6 is 0 Å². The number of nitrogens with zero attached hydrogens (tertiary/aromatic N) is 7. The van der Waals surface area contributed by atoms with Gasteiger partial charge in [-0.05, 0) is 25.5 Å². The van der Waals surface area contributed by atoms with Crippen molar-refractivity contribution in [2.45, 2.75) is 18.9 Å². The van der Waals surface area contributed by atoms with Gasteiger partial charge in [0, 0.05) is 38.1 Å². The zero-order valence-electron chi connectivity index (χ0n) is 11.8. The van der Waals surface area contributed by atoms with E-state index in [2.05, 4.69) is 29.9 Å². The number of hydrogen-bond donors (Lipinski definition) is 1. The lowest BCUT2D eigenvalue weighted by Gasteiger charge is -2.37. The lowest BCUT2D eigenvalue weighted by molar-refractivity contribution is 0.229. The van der Waals surface area contributed by atoms with Gasteiger partial charge in [-0.15, -0.1) is 0 Å². The lowest BCUT2D eigenvalue weighted by Crippen LogP contribution is -2.50. The molecule has 0 spiro atoms. The number of nitrogens with two attached hydrogens (primary N) is 1. The Morgan fingerprint density at radius 2 is 2.00 bits per heavy atom. The van der Waals surface area contributed by atoms with E-state index in [1.807, 2.05) is 6.07 Å². The van der Waals surface area contributed by atoms with Crippen LogP contribution in [0.2, 0.25) is 0 Å². The summed E-state index contributed by atoms with van der Waals surface area (Å²) in [6, 6.07) is 2.45. The average Bonchev–Trinajstić information content (AvgIpc) is 3.17. The minimum absolute atomic E-state index is 0.236. The predicted molar refractivity (Wildman–Crippen MR) is 78.2 cm³/mol. The summed E-state index contributed by atoms with van der Waals surface area (Å²) in [5.74, 6) is 1.36. The Balaban J connectivity index is 1.63. The summed E-state index contributed by atoms with van der Waals surface area (Å²) in [6.07, 6.45) is 6.03. The molecule has 8 nitrogen and oxygen atoms in total. The van der Waals surface area contributed by atoms with E-state index in [9.17, 15) is 0 Å². The van der Waals surface area contributed by atoms with Crippen LogP contribution in [-0.2, 0) is 0 Å². The van der Waals surface area contributed by atoms with Gasteiger partial charge in [-0.3, -0.25) is 4.90 Å². The van der Waals surface area contributed by atoms with Gasteiger partial charge in [-0.25, -0.2) is 4.68 Å². The Labute approximate surface area is 122 Å². The SMILES string of the molecule is Nc1nc(N2CCN3CCCC3C2)nc(-n2cccn2)n1. The standard InChI is InChI=1S/C13H18N8/c14-11-16-12(18-13(17-11)21-6-2-4-15-21)20-8-7-19-5-1-3-10(19)9-20/h2,4,6,10H,1,3,5,7-9H2,(H2,14,16,17,18). The molecule has 2 fully saturated rings. The number of piperazine rings is 1. The van der Waals surface area contributed by atoms with Crippen LogP contribution in [0.25, 0.3) is 5.95 Å². The number of aromatic nitrogens is 5. The van der Waals surface area contributed by atoms with Gasteiger partial charge in [0.25, 0.3) is 5.95 Å². The van der Waals surface area contributed by atoms with Gasteiger partial charge < -0.3 is 10.6 Å². The highest BCUT2D eigenvalue weighted by atomic mass is 15.4. The molecule has 2 N–H and O–H groups in total. The maximum atomic E-state index is 5.84. The van der Waals surface area contributed by atoms with Gasteiger partial charge in [-0.2, -0.15) is 20.1 Å². The first-order chi connectivity index (χ1) is 10.3. The molecule has 0 radical (unpaired) electrons.